The third-order valence-electron chi connectivity index (χ3n) is 4.45. The number of nitrogens with zero attached hydrogens (tertiary/aromatic N) is 3. The molecule has 1 fully saturated rings. The van der Waals surface area contributed by atoms with Gasteiger partial charge in [-0.1, -0.05) is 29.8 Å². The zero-order valence-corrected chi connectivity index (χ0v) is 15.7. The summed E-state index contributed by atoms with van der Waals surface area (Å²) in [6.45, 7) is -0.260. The van der Waals surface area contributed by atoms with E-state index < -0.39 is 15.4 Å². The van der Waals surface area contributed by atoms with Gasteiger partial charge < -0.3 is 4.90 Å². The molecule has 1 atom stereocenters. The van der Waals surface area contributed by atoms with Gasteiger partial charge in [-0.3, -0.25) is 9.59 Å². The van der Waals surface area contributed by atoms with Crippen molar-refractivity contribution < 1.29 is 13.2 Å². The zero-order chi connectivity index (χ0) is 18.9. The van der Waals surface area contributed by atoms with Crippen molar-refractivity contribution in [3.63, 3.8) is 0 Å². The Kier molecular flexibility index (Phi) is 5.15. The van der Waals surface area contributed by atoms with Crippen LogP contribution < -0.4 is 5.56 Å². The SMILES string of the molecule is CN(C(=O)Cn1nc(-c2ccccc2Cl)ccc1=O)[C@@H]1CCS(=O)(=O)C1. The van der Waals surface area contributed by atoms with E-state index in [4.69, 9.17) is 11.6 Å². The number of benzene rings is 1. The molecular weight excluding hydrogens is 378 g/mol. The van der Waals surface area contributed by atoms with E-state index in [1.807, 2.05) is 0 Å². The lowest BCUT2D eigenvalue weighted by atomic mass is 10.1. The Hall–Kier alpha value is -2.19. The molecule has 0 bridgehead atoms. The molecule has 138 valence electrons. The summed E-state index contributed by atoms with van der Waals surface area (Å²) in [7, 11) is -1.54. The highest BCUT2D eigenvalue weighted by atomic mass is 35.5. The minimum Gasteiger partial charge on any atom is -0.340 e. The lowest BCUT2D eigenvalue weighted by molar-refractivity contribution is -0.132. The molecule has 2 aromatic rings. The molecule has 2 heterocycles. The number of carbonyl (C=O) groups is 1. The van der Waals surface area contributed by atoms with Crippen LogP contribution in [0.1, 0.15) is 6.42 Å². The van der Waals surface area contributed by atoms with Crippen molar-refractivity contribution in [2.75, 3.05) is 18.6 Å². The van der Waals surface area contributed by atoms with Crippen molar-refractivity contribution in [2.24, 2.45) is 0 Å². The molecule has 1 saturated heterocycles. The van der Waals surface area contributed by atoms with Crippen molar-refractivity contribution in [3.05, 3.63) is 51.8 Å². The van der Waals surface area contributed by atoms with E-state index in [2.05, 4.69) is 5.10 Å². The number of amides is 1. The molecule has 7 nitrogen and oxygen atoms in total. The molecule has 26 heavy (non-hydrogen) atoms. The van der Waals surface area contributed by atoms with Crippen LogP contribution in [0.5, 0.6) is 0 Å². The molecule has 1 aliphatic rings. The number of aromatic nitrogens is 2. The third-order valence-corrected chi connectivity index (χ3v) is 6.53. The predicted molar refractivity (Wildman–Crippen MR) is 98.8 cm³/mol. The van der Waals surface area contributed by atoms with Gasteiger partial charge in [0.05, 0.1) is 22.2 Å². The number of likely N-dealkylation sites (N-methyl/N-ethyl adjacent to an activating group) is 1. The van der Waals surface area contributed by atoms with Crippen molar-refractivity contribution in [3.8, 4) is 11.3 Å². The molecule has 3 rings (SSSR count). The molecule has 0 saturated carbocycles. The van der Waals surface area contributed by atoms with E-state index in [1.54, 1.807) is 37.4 Å². The number of rotatable bonds is 4. The van der Waals surface area contributed by atoms with Gasteiger partial charge in [-0.05, 0) is 18.6 Å². The van der Waals surface area contributed by atoms with Crippen LogP contribution in [0.2, 0.25) is 5.02 Å². The van der Waals surface area contributed by atoms with Crippen molar-refractivity contribution in [2.45, 2.75) is 19.0 Å². The molecule has 9 heteroatoms. The van der Waals surface area contributed by atoms with E-state index in [1.165, 1.54) is 11.0 Å². The van der Waals surface area contributed by atoms with Gasteiger partial charge in [-0.25, -0.2) is 13.1 Å². The summed E-state index contributed by atoms with van der Waals surface area (Å²) in [6.07, 6.45) is 0.409. The van der Waals surface area contributed by atoms with Crippen LogP contribution in [0.3, 0.4) is 0 Å². The highest BCUT2D eigenvalue weighted by molar-refractivity contribution is 7.91. The van der Waals surface area contributed by atoms with E-state index in [9.17, 15) is 18.0 Å². The molecule has 0 N–H and O–H groups in total. The average molecular weight is 396 g/mol. The Labute approximate surface area is 156 Å². The predicted octanol–water partition coefficient (Wildman–Crippen LogP) is 1.21. The van der Waals surface area contributed by atoms with Crippen LogP contribution >= 0.6 is 11.6 Å². The minimum atomic E-state index is -3.10. The van der Waals surface area contributed by atoms with Crippen molar-refractivity contribution in [1.82, 2.24) is 14.7 Å². The Balaban J connectivity index is 1.81. The third kappa shape index (κ3) is 3.96. The minimum absolute atomic E-state index is 0.0444. The van der Waals surface area contributed by atoms with Crippen LogP contribution in [-0.4, -0.2) is 53.6 Å². The number of carbonyl (C=O) groups excluding carboxylic acids is 1. The summed E-state index contributed by atoms with van der Waals surface area (Å²) < 4.78 is 24.3. The Morgan fingerprint density at radius 3 is 2.69 bits per heavy atom. The first-order valence-corrected chi connectivity index (χ1v) is 10.3. The molecule has 0 unspecified atom stereocenters. The van der Waals surface area contributed by atoms with Gasteiger partial charge in [0.1, 0.15) is 6.54 Å². The lowest BCUT2D eigenvalue weighted by Crippen LogP contribution is -2.41. The molecule has 1 aromatic carbocycles. The van der Waals surface area contributed by atoms with E-state index >= 15 is 0 Å². The van der Waals surface area contributed by atoms with Crippen LogP contribution in [0.4, 0.5) is 0 Å². The second kappa shape index (κ2) is 7.20. The number of hydrogen-bond donors (Lipinski definition) is 0. The van der Waals surface area contributed by atoms with Crippen LogP contribution in [-0.2, 0) is 21.2 Å². The highest BCUT2D eigenvalue weighted by Gasteiger charge is 2.32. The number of sulfone groups is 1. The Bertz CT molecular complexity index is 1000. The normalized spacial score (nSPS) is 18.6. The van der Waals surface area contributed by atoms with Crippen molar-refractivity contribution in [1.29, 1.82) is 0 Å². The maximum atomic E-state index is 12.5. The summed E-state index contributed by atoms with van der Waals surface area (Å²) in [6, 6.07) is 9.60. The van der Waals surface area contributed by atoms with E-state index in [0.29, 0.717) is 22.7 Å². The Morgan fingerprint density at radius 2 is 2.04 bits per heavy atom. The maximum absolute atomic E-state index is 12.5. The molecular formula is C17H18ClN3O4S. The quantitative estimate of drug-likeness (QED) is 0.776. The smallest absolute Gasteiger partial charge is 0.267 e. The second-order valence-electron chi connectivity index (χ2n) is 6.26. The molecule has 1 aliphatic heterocycles. The van der Waals surface area contributed by atoms with Gasteiger partial charge in [0, 0.05) is 24.7 Å². The van der Waals surface area contributed by atoms with Gasteiger partial charge in [-0.15, -0.1) is 0 Å². The van der Waals surface area contributed by atoms with Crippen LogP contribution in [0.25, 0.3) is 11.3 Å². The summed E-state index contributed by atoms with van der Waals surface area (Å²) in [5.41, 5.74) is 0.723. The fourth-order valence-electron chi connectivity index (χ4n) is 2.90. The second-order valence-corrected chi connectivity index (χ2v) is 8.89. The summed E-state index contributed by atoms with van der Waals surface area (Å²) in [5, 5.41) is 4.73. The monoisotopic (exact) mass is 395 g/mol. The van der Waals surface area contributed by atoms with Gasteiger partial charge in [0.25, 0.3) is 5.56 Å². The highest BCUT2D eigenvalue weighted by Crippen LogP contribution is 2.24. The standard InChI is InChI=1S/C17H18ClN3O4S/c1-20(12-8-9-26(24,25)11-12)17(23)10-21-16(22)7-6-15(19-21)13-4-2-3-5-14(13)18/h2-7,12H,8-11H2,1H3/t12-/m1/s1. The number of halogens is 1. The maximum Gasteiger partial charge on any atom is 0.267 e. The molecule has 1 amide bonds. The van der Waals surface area contributed by atoms with Crippen molar-refractivity contribution >= 4 is 27.3 Å². The first-order chi connectivity index (χ1) is 12.3. The number of hydrogen-bond acceptors (Lipinski definition) is 5. The van der Waals surface area contributed by atoms with Gasteiger partial charge in [-0.2, -0.15) is 5.10 Å². The van der Waals surface area contributed by atoms with E-state index in [-0.39, 0.29) is 30.0 Å². The summed E-state index contributed by atoms with van der Waals surface area (Å²) in [5.74, 6) is -0.329. The molecule has 0 radical (unpaired) electrons. The summed E-state index contributed by atoms with van der Waals surface area (Å²) in [4.78, 5) is 25.9. The fourth-order valence-corrected chi connectivity index (χ4v) is 4.91. The van der Waals surface area contributed by atoms with Gasteiger partial charge in [0.15, 0.2) is 9.84 Å². The average Bonchev–Trinajstić information content (AvgIpc) is 2.96. The van der Waals surface area contributed by atoms with E-state index in [0.717, 1.165) is 4.68 Å². The Morgan fingerprint density at radius 1 is 1.31 bits per heavy atom. The molecule has 1 aromatic heterocycles. The fraction of sp³-hybridized carbons (Fsp3) is 0.353. The molecule has 0 spiro atoms. The van der Waals surface area contributed by atoms with Gasteiger partial charge >= 0.3 is 0 Å². The van der Waals surface area contributed by atoms with Gasteiger partial charge in [0.2, 0.25) is 5.91 Å². The zero-order valence-electron chi connectivity index (χ0n) is 14.1. The summed E-state index contributed by atoms with van der Waals surface area (Å²) >= 11 is 6.16. The lowest BCUT2D eigenvalue weighted by Gasteiger charge is -2.23. The first kappa shape index (κ1) is 18.6. The largest absolute Gasteiger partial charge is 0.340 e. The van der Waals surface area contributed by atoms with Crippen LogP contribution in [0, 0.1) is 0 Å². The first-order valence-electron chi connectivity index (χ1n) is 8.06. The topological polar surface area (TPSA) is 89.3 Å². The molecule has 0 aliphatic carbocycles. The van der Waals surface area contributed by atoms with Crippen LogP contribution in [0.15, 0.2) is 41.2 Å².